The van der Waals surface area contributed by atoms with Crippen molar-refractivity contribution in [3.8, 4) is 22.1 Å². The second-order valence-corrected chi connectivity index (χ2v) is 12.4. The Morgan fingerprint density at radius 1 is 1.14 bits per heavy atom. The Balaban J connectivity index is 1.11. The third kappa shape index (κ3) is 7.15. The lowest BCUT2D eigenvalue weighted by Gasteiger charge is -2.33. The fraction of sp³-hybridized carbons (Fsp3) is 0.375. The molecule has 2 aliphatic rings. The quantitative estimate of drug-likeness (QED) is 0.223. The van der Waals surface area contributed by atoms with E-state index in [9.17, 15) is 14.0 Å². The van der Waals surface area contributed by atoms with Crippen molar-refractivity contribution < 1.29 is 23.8 Å². The molecule has 1 aliphatic heterocycles. The Kier molecular flexibility index (Phi) is 9.01. The normalized spacial score (nSPS) is 16.9. The standard InChI is InChI=1S/C32H35FN6O4S/c1-38(13-14-40)31(41)21-3-2-12-39(19-21)18-20-4-8-25(35-17-20)29-16-26-30(44-29)28(10-11-34-26)43-27-9-7-23(15-24(27)33)37-32(42)36-22-5-6-22/h4,7-11,15-17,21-22,40H,2-3,5-6,12-14,18-19H2,1H3,(H2,36,37,42). The fourth-order valence-electron chi connectivity index (χ4n) is 5.38. The average Bonchev–Trinajstić information content (AvgIpc) is 3.72. The van der Waals surface area contributed by atoms with Crippen LogP contribution >= 0.6 is 11.3 Å². The van der Waals surface area contributed by atoms with Crippen molar-refractivity contribution in [2.45, 2.75) is 38.3 Å². The number of aliphatic hydroxyl groups is 1. The van der Waals surface area contributed by atoms with E-state index in [1.54, 1.807) is 30.3 Å². The number of fused-ring (bicyclic) bond motifs is 1. The van der Waals surface area contributed by atoms with E-state index in [0.717, 1.165) is 58.6 Å². The molecule has 4 aromatic rings. The topological polar surface area (TPSA) is 120 Å². The summed E-state index contributed by atoms with van der Waals surface area (Å²) in [4.78, 5) is 38.7. The lowest BCUT2D eigenvalue weighted by Crippen LogP contribution is -2.44. The molecule has 12 heteroatoms. The zero-order chi connectivity index (χ0) is 30.6. The summed E-state index contributed by atoms with van der Waals surface area (Å²) in [5, 5.41) is 14.6. The number of piperidine rings is 1. The van der Waals surface area contributed by atoms with Crippen LogP contribution < -0.4 is 15.4 Å². The van der Waals surface area contributed by atoms with Crippen molar-refractivity contribution in [1.29, 1.82) is 0 Å². The average molecular weight is 619 g/mol. The maximum Gasteiger partial charge on any atom is 0.319 e. The molecule has 3 aromatic heterocycles. The van der Waals surface area contributed by atoms with Gasteiger partial charge < -0.3 is 25.4 Å². The number of carbonyl (C=O) groups is 2. The Labute approximate surface area is 258 Å². The summed E-state index contributed by atoms with van der Waals surface area (Å²) < 4.78 is 21.7. The summed E-state index contributed by atoms with van der Waals surface area (Å²) in [6, 6.07) is 11.9. The maximum atomic E-state index is 14.9. The largest absolute Gasteiger partial charge is 0.453 e. The first-order valence-electron chi connectivity index (χ1n) is 14.8. The molecule has 3 amide bonds. The van der Waals surface area contributed by atoms with Crippen molar-refractivity contribution in [2.75, 3.05) is 38.6 Å². The molecule has 3 N–H and O–H groups in total. The summed E-state index contributed by atoms with van der Waals surface area (Å²) in [7, 11) is 1.74. The number of rotatable bonds is 10. The second kappa shape index (κ2) is 13.2. The highest BCUT2D eigenvalue weighted by Crippen LogP contribution is 2.39. The number of hydrogen-bond donors (Lipinski definition) is 3. The smallest absolute Gasteiger partial charge is 0.319 e. The number of halogens is 1. The van der Waals surface area contributed by atoms with E-state index in [1.807, 2.05) is 18.3 Å². The third-order valence-corrected chi connectivity index (χ3v) is 9.01. The Morgan fingerprint density at radius 3 is 2.75 bits per heavy atom. The van der Waals surface area contributed by atoms with Crippen LogP contribution in [0.5, 0.6) is 11.5 Å². The van der Waals surface area contributed by atoms with E-state index in [4.69, 9.17) is 14.8 Å². The first kappa shape index (κ1) is 29.9. The number of aliphatic hydroxyl groups excluding tert-OH is 1. The third-order valence-electron chi connectivity index (χ3n) is 7.85. The molecule has 1 aromatic carbocycles. The molecular formula is C32H35FN6O4S. The van der Waals surface area contributed by atoms with Crippen molar-refractivity contribution in [1.82, 2.24) is 25.1 Å². The molecule has 1 aliphatic carbocycles. The van der Waals surface area contributed by atoms with E-state index in [2.05, 4.69) is 26.6 Å². The van der Waals surface area contributed by atoms with Gasteiger partial charge in [0, 0.05) is 62.9 Å². The number of ether oxygens (including phenoxy) is 1. The molecule has 2 fully saturated rings. The number of nitrogens with zero attached hydrogens (tertiary/aromatic N) is 4. The SMILES string of the molecule is CN(CCO)C(=O)C1CCCN(Cc2ccc(-c3cc4nccc(Oc5ccc(NC(=O)NC6CC6)cc5F)c4s3)nc2)C1. The number of urea groups is 1. The zero-order valence-electron chi connectivity index (χ0n) is 24.5. The molecule has 0 radical (unpaired) electrons. The Morgan fingerprint density at radius 2 is 2.00 bits per heavy atom. The fourth-order valence-corrected chi connectivity index (χ4v) is 6.42. The molecule has 1 saturated heterocycles. The van der Waals surface area contributed by atoms with Crippen molar-refractivity contribution in [3.63, 3.8) is 0 Å². The molecule has 1 saturated carbocycles. The number of nitrogens with one attached hydrogen (secondary N) is 2. The summed E-state index contributed by atoms with van der Waals surface area (Å²) >= 11 is 1.47. The van der Waals surface area contributed by atoms with Gasteiger partial charge in [-0.05, 0) is 62.1 Å². The minimum Gasteiger partial charge on any atom is -0.453 e. The molecule has 1 atom stereocenters. The summed E-state index contributed by atoms with van der Waals surface area (Å²) in [5.41, 5.74) is 2.93. The van der Waals surface area contributed by atoms with Crippen LogP contribution in [-0.4, -0.2) is 76.1 Å². The maximum absolute atomic E-state index is 14.9. The van der Waals surface area contributed by atoms with Crippen LogP contribution in [0.2, 0.25) is 0 Å². The number of aromatic nitrogens is 2. The molecule has 6 rings (SSSR count). The van der Waals surface area contributed by atoms with Crippen molar-refractivity contribution in [2.24, 2.45) is 5.92 Å². The first-order chi connectivity index (χ1) is 21.4. The lowest BCUT2D eigenvalue weighted by molar-refractivity contribution is -0.136. The van der Waals surface area contributed by atoms with Gasteiger partial charge in [-0.25, -0.2) is 9.18 Å². The van der Waals surface area contributed by atoms with Crippen molar-refractivity contribution >= 4 is 39.2 Å². The zero-order valence-corrected chi connectivity index (χ0v) is 25.3. The number of anilines is 1. The predicted molar refractivity (Wildman–Crippen MR) is 167 cm³/mol. The number of hydrogen-bond acceptors (Lipinski definition) is 8. The number of pyridine rings is 2. The second-order valence-electron chi connectivity index (χ2n) is 11.4. The molecule has 4 heterocycles. The number of amides is 3. The molecule has 0 spiro atoms. The van der Waals surface area contributed by atoms with Crippen LogP contribution in [0.15, 0.2) is 54.9 Å². The van der Waals surface area contributed by atoms with Gasteiger partial charge in [0.2, 0.25) is 5.91 Å². The Hall–Kier alpha value is -4.13. The molecule has 0 bridgehead atoms. The summed E-state index contributed by atoms with van der Waals surface area (Å²) in [5.74, 6) is -0.0345. The number of likely N-dealkylation sites (tertiary alicyclic amines) is 1. The number of carbonyl (C=O) groups excluding carboxylic acids is 2. The van der Waals surface area contributed by atoms with Gasteiger partial charge in [-0.1, -0.05) is 6.07 Å². The van der Waals surface area contributed by atoms with Gasteiger partial charge in [-0.3, -0.25) is 19.7 Å². The van der Waals surface area contributed by atoms with E-state index < -0.39 is 5.82 Å². The van der Waals surface area contributed by atoms with Crippen LogP contribution in [0.1, 0.15) is 31.2 Å². The van der Waals surface area contributed by atoms with Crippen LogP contribution in [0.3, 0.4) is 0 Å². The van der Waals surface area contributed by atoms with E-state index in [1.165, 1.54) is 23.5 Å². The Bertz CT molecular complexity index is 1640. The van der Waals surface area contributed by atoms with Gasteiger partial charge >= 0.3 is 6.03 Å². The van der Waals surface area contributed by atoms with Crippen LogP contribution in [0.25, 0.3) is 20.8 Å². The molecule has 44 heavy (non-hydrogen) atoms. The number of thiophene rings is 1. The summed E-state index contributed by atoms with van der Waals surface area (Å²) in [6.45, 7) is 2.64. The van der Waals surface area contributed by atoms with Gasteiger partial charge in [-0.2, -0.15) is 0 Å². The minimum absolute atomic E-state index is 0.0340. The van der Waals surface area contributed by atoms with E-state index in [0.29, 0.717) is 31.1 Å². The van der Waals surface area contributed by atoms with Crippen LogP contribution in [0, 0.1) is 11.7 Å². The molecule has 1 unspecified atom stereocenters. The van der Waals surface area contributed by atoms with Crippen LogP contribution in [0.4, 0.5) is 14.9 Å². The van der Waals surface area contributed by atoms with Crippen LogP contribution in [-0.2, 0) is 11.3 Å². The number of likely N-dealkylation sites (N-methyl/N-ethyl adjacent to an activating group) is 1. The van der Waals surface area contributed by atoms with E-state index >= 15 is 0 Å². The van der Waals surface area contributed by atoms with Gasteiger partial charge in [0.15, 0.2) is 11.6 Å². The highest BCUT2D eigenvalue weighted by atomic mass is 32.1. The molecule has 10 nitrogen and oxygen atoms in total. The monoisotopic (exact) mass is 618 g/mol. The number of benzene rings is 1. The van der Waals surface area contributed by atoms with E-state index in [-0.39, 0.29) is 36.3 Å². The molecular weight excluding hydrogens is 583 g/mol. The molecule has 230 valence electrons. The predicted octanol–water partition coefficient (Wildman–Crippen LogP) is 5.24. The minimum atomic E-state index is -0.588. The lowest BCUT2D eigenvalue weighted by atomic mass is 9.96. The highest BCUT2D eigenvalue weighted by molar-refractivity contribution is 7.22. The van der Waals surface area contributed by atoms with Crippen molar-refractivity contribution in [3.05, 3.63) is 66.2 Å². The van der Waals surface area contributed by atoms with Gasteiger partial charge in [0.25, 0.3) is 0 Å². The van der Waals surface area contributed by atoms with Gasteiger partial charge in [0.1, 0.15) is 5.75 Å². The first-order valence-corrected chi connectivity index (χ1v) is 15.6. The van der Waals surface area contributed by atoms with Gasteiger partial charge in [-0.15, -0.1) is 11.3 Å². The summed E-state index contributed by atoms with van der Waals surface area (Å²) in [6.07, 6.45) is 7.24. The van der Waals surface area contributed by atoms with Gasteiger partial charge in [0.05, 0.1) is 33.3 Å². The highest BCUT2D eigenvalue weighted by Gasteiger charge is 2.28.